The van der Waals surface area contributed by atoms with Crippen LogP contribution >= 0.6 is 15.9 Å². The number of rotatable bonds is 3. The molecule has 3 nitrogen and oxygen atoms in total. The van der Waals surface area contributed by atoms with E-state index in [9.17, 15) is 18.4 Å². The maximum absolute atomic E-state index is 13.6. The van der Waals surface area contributed by atoms with Crippen molar-refractivity contribution in [1.82, 2.24) is 0 Å². The van der Waals surface area contributed by atoms with Gasteiger partial charge in [0.15, 0.2) is 0 Å². The van der Waals surface area contributed by atoms with Crippen molar-refractivity contribution in [3.8, 4) is 0 Å². The number of amides is 1. The van der Waals surface area contributed by atoms with Crippen molar-refractivity contribution in [1.29, 1.82) is 0 Å². The molecule has 0 atom stereocenters. The van der Waals surface area contributed by atoms with Gasteiger partial charge in [-0.3, -0.25) is 9.59 Å². The highest BCUT2D eigenvalue weighted by atomic mass is 79.9. The van der Waals surface area contributed by atoms with Crippen LogP contribution in [0.5, 0.6) is 0 Å². The lowest BCUT2D eigenvalue weighted by molar-refractivity contribution is 0.101. The monoisotopic (exact) mass is 339 g/mol. The first kappa shape index (κ1) is 14.3. The zero-order chi connectivity index (χ0) is 14.7. The molecule has 102 valence electrons. The minimum Gasteiger partial charge on any atom is -0.322 e. The maximum Gasteiger partial charge on any atom is 0.261 e. The smallest absolute Gasteiger partial charge is 0.261 e. The van der Waals surface area contributed by atoms with E-state index >= 15 is 0 Å². The molecular formula is C14H8BrF2NO2. The summed E-state index contributed by atoms with van der Waals surface area (Å²) in [5, 5.41) is 2.36. The molecule has 0 aromatic heterocycles. The third-order valence-electron chi connectivity index (χ3n) is 2.54. The van der Waals surface area contributed by atoms with Crippen molar-refractivity contribution in [2.24, 2.45) is 0 Å². The van der Waals surface area contributed by atoms with E-state index in [2.05, 4.69) is 21.2 Å². The highest BCUT2D eigenvalue weighted by molar-refractivity contribution is 9.10. The summed E-state index contributed by atoms with van der Waals surface area (Å²) >= 11 is 2.93. The van der Waals surface area contributed by atoms with Crippen LogP contribution in [0.25, 0.3) is 0 Å². The molecule has 0 aliphatic rings. The zero-order valence-corrected chi connectivity index (χ0v) is 11.6. The van der Waals surface area contributed by atoms with Crippen LogP contribution in [0.15, 0.2) is 40.9 Å². The average molecular weight is 340 g/mol. The van der Waals surface area contributed by atoms with Gasteiger partial charge in [-0.25, -0.2) is 8.78 Å². The summed E-state index contributed by atoms with van der Waals surface area (Å²) in [6, 6.07) is 7.92. The fourth-order valence-electron chi connectivity index (χ4n) is 1.60. The fraction of sp³-hybridized carbons (Fsp3) is 0. The molecule has 0 fully saturated rings. The first-order chi connectivity index (χ1) is 9.51. The van der Waals surface area contributed by atoms with Crippen molar-refractivity contribution in [3.05, 3.63) is 63.6 Å². The second kappa shape index (κ2) is 5.92. The van der Waals surface area contributed by atoms with E-state index < -0.39 is 23.1 Å². The quantitative estimate of drug-likeness (QED) is 0.864. The summed E-state index contributed by atoms with van der Waals surface area (Å²) in [6.45, 7) is 0. The summed E-state index contributed by atoms with van der Waals surface area (Å²) < 4.78 is 27.4. The third kappa shape index (κ3) is 3.08. The van der Waals surface area contributed by atoms with Gasteiger partial charge < -0.3 is 5.32 Å². The van der Waals surface area contributed by atoms with Crippen molar-refractivity contribution in [3.63, 3.8) is 0 Å². The topological polar surface area (TPSA) is 46.2 Å². The predicted molar refractivity (Wildman–Crippen MR) is 73.8 cm³/mol. The minimum atomic E-state index is -0.959. The lowest BCUT2D eigenvalue weighted by Crippen LogP contribution is -2.16. The number of aldehydes is 1. The molecule has 2 aromatic carbocycles. The normalized spacial score (nSPS) is 10.2. The van der Waals surface area contributed by atoms with E-state index in [0.717, 1.165) is 12.1 Å². The second-order valence-corrected chi connectivity index (χ2v) is 4.85. The molecule has 0 saturated heterocycles. The number of nitrogens with one attached hydrogen (secondary N) is 1. The molecule has 1 amide bonds. The molecule has 0 radical (unpaired) electrons. The number of anilines is 1. The van der Waals surface area contributed by atoms with Gasteiger partial charge in [0.05, 0.1) is 0 Å². The molecule has 0 bridgehead atoms. The van der Waals surface area contributed by atoms with Crippen molar-refractivity contribution in [2.75, 3.05) is 5.32 Å². The largest absolute Gasteiger partial charge is 0.322 e. The second-order valence-electron chi connectivity index (χ2n) is 3.94. The Balaban J connectivity index is 2.25. The molecule has 0 unspecified atom stereocenters. The van der Waals surface area contributed by atoms with Crippen LogP contribution in [0.4, 0.5) is 14.5 Å². The highest BCUT2D eigenvalue weighted by Crippen LogP contribution is 2.20. The molecule has 1 N–H and O–H groups in total. The Kier molecular flexibility index (Phi) is 4.24. The lowest BCUT2D eigenvalue weighted by atomic mass is 10.1. The molecule has 20 heavy (non-hydrogen) atoms. The molecule has 6 heteroatoms. The Morgan fingerprint density at radius 1 is 1.10 bits per heavy atom. The Morgan fingerprint density at radius 2 is 1.65 bits per heavy atom. The van der Waals surface area contributed by atoms with E-state index in [1.165, 1.54) is 24.3 Å². The van der Waals surface area contributed by atoms with Crippen LogP contribution in [0.3, 0.4) is 0 Å². The molecule has 2 aromatic rings. The van der Waals surface area contributed by atoms with Crippen LogP contribution in [0, 0.1) is 11.6 Å². The Morgan fingerprint density at radius 3 is 2.15 bits per heavy atom. The molecule has 0 saturated carbocycles. The average Bonchev–Trinajstić information content (AvgIpc) is 2.38. The van der Waals surface area contributed by atoms with E-state index in [4.69, 9.17) is 0 Å². The van der Waals surface area contributed by atoms with Crippen molar-refractivity contribution >= 4 is 33.8 Å². The van der Waals surface area contributed by atoms with Crippen LogP contribution in [-0.2, 0) is 0 Å². The standard InChI is InChI=1S/C14H8BrF2NO2/c15-9-5-11(16)13(12(17)6-9)14(20)18-10-3-1-8(7-19)2-4-10/h1-7H,(H,18,20). The molecule has 0 spiro atoms. The number of benzene rings is 2. The molecule has 2 rings (SSSR count). The van der Waals surface area contributed by atoms with Crippen LogP contribution in [0.2, 0.25) is 0 Å². The minimum absolute atomic E-state index is 0.208. The Labute approximate surface area is 121 Å². The Bertz CT molecular complexity index is 648. The number of halogens is 3. The summed E-state index contributed by atoms with van der Waals surface area (Å²) in [6.07, 6.45) is 0.652. The molecule has 0 aliphatic carbocycles. The number of carbonyl (C=O) groups is 2. The molecule has 0 aliphatic heterocycles. The summed E-state index contributed by atoms with van der Waals surface area (Å²) in [4.78, 5) is 22.3. The summed E-state index contributed by atoms with van der Waals surface area (Å²) in [5.41, 5.74) is 0.110. The van der Waals surface area contributed by atoms with Gasteiger partial charge in [0.1, 0.15) is 23.5 Å². The van der Waals surface area contributed by atoms with E-state index in [-0.39, 0.29) is 4.47 Å². The highest BCUT2D eigenvalue weighted by Gasteiger charge is 2.18. The zero-order valence-electron chi connectivity index (χ0n) is 9.99. The van der Waals surface area contributed by atoms with Crippen molar-refractivity contribution in [2.45, 2.75) is 0 Å². The van der Waals surface area contributed by atoms with Gasteiger partial charge in [0.2, 0.25) is 0 Å². The number of hydrogen-bond donors (Lipinski definition) is 1. The van der Waals surface area contributed by atoms with Crippen LogP contribution in [-0.4, -0.2) is 12.2 Å². The third-order valence-corrected chi connectivity index (χ3v) is 3.00. The van der Waals surface area contributed by atoms with E-state index in [0.29, 0.717) is 17.5 Å². The SMILES string of the molecule is O=Cc1ccc(NC(=O)c2c(F)cc(Br)cc2F)cc1. The van der Waals surface area contributed by atoms with Gasteiger partial charge in [-0.2, -0.15) is 0 Å². The molecular weight excluding hydrogens is 332 g/mol. The maximum atomic E-state index is 13.6. The van der Waals surface area contributed by atoms with Gasteiger partial charge in [0, 0.05) is 15.7 Å². The fourth-order valence-corrected chi connectivity index (χ4v) is 2.00. The first-order valence-electron chi connectivity index (χ1n) is 5.52. The van der Waals surface area contributed by atoms with Gasteiger partial charge >= 0.3 is 0 Å². The summed E-state index contributed by atoms with van der Waals surface area (Å²) in [5.74, 6) is -2.82. The first-order valence-corrected chi connectivity index (χ1v) is 6.31. The Hall–Kier alpha value is -2.08. The van der Waals surface area contributed by atoms with E-state index in [1.807, 2.05) is 0 Å². The van der Waals surface area contributed by atoms with Gasteiger partial charge in [-0.1, -0.05) is 15.9 Å². The molecule has 0 heterocycles. The van der Waals surface area contributed by atoms with Crippen LogP contribution < -0.4 is 5.32 Å². The number of carbonyl (C=O) groups excluding carboxylic acids is 2. The predicted octanol–water partition coefficient (Wildman–Crippen LogP) is 3.79. The van der Waals surface area contributed by atoms with Crippen LogP contribution in [0.1, 0.15) is 20.7 Å². The number of hydrogen-bond acceptors (Lipinski definition) is 2. The van der Waals surface area contributed by atoms with Gasteiger partial charge in [-0.15, -0.1) is 0 Å². The van der Waals surface area contributed by atoms with E-state index in [1.54, 1.807) is 0 Å². The van der Waals surface area contributed by atoms with Gasteiger partial charge in [0.25, 0.3) is 5.91 Å². The van der Waals surface area contributed by atoms with Crippen molar-refractivity contribution < 1.29 is 18.4 Å². The lowest BCUT2D eigenvalue weighted by Gasteiger charge is -2.07. The summed E-state index contributed by atoms with van der Waals surface area (Å²) in [7, 11) is 0. The van der Waals surface area contributed by atoms with Gasteiger partial charge in [-0.05, 0) is 36.4 Å².